The van der Waals surface area contributed by atoms with Crippen molar-refractivity contribution in [2.24, 2.45) is 0 Å². The van der Waals surface area contributed by atoms with Gasteiger partial charge in [0.1, 0.15) is 6.33 Å². The lowest BCUT2D eigenvalue weighted by Crippen LogP contribution is -2.39. The van der Waals surface area contributed by atoms with Crippen molar-refractivity contribution in [3.63, 3.8) is 0 Å². The van der Waals surface area contributed by atoms with E-state index in [9.17, 15) is 9.59 Å². The predicted octanol–water partition coefficient (Wildman–Crippen LogP) is 1.43. The average Bonchev–Trinajstić information content (AvgIpc) is 2.57. The van der Waals surface area contributed by atoms with Gasteiger partial charge in [0.05, 0.1) is 10.9 Å². The molecule has 0 fully saturated rings. The van der Waals surface area contributed by atoms with E-state index < -0.39 is 6.03 Å². The van der Waals surface area contributed by atoms with E-state index in [1.807, 2.05) is 12.1 Å². The predicted molar refractivity (Wildman–Crippen MR) is 88.5 cm³/mol. The highest BCUT2D eigenvalue weighted by Crippen LogP contribution is 2.05. The van der Waals surface area contributed by atoms with E-state index in [2.05, 4.69) is 15.7 Å². The summed E-state index contributed by atoms with van der Waals surface area (Å²) in [7, 11) is 0. The quantitative estimate of drug-likeness (QED) is 0.637. The fraction of sp³-hybridized carbons (Fsp3) is 0.0625. The van der Waals surface area contributed by atoms with Crippen LogP contribution in [0.5, 0.6) is 0 Å². The zero-order valence-corrected chi connectivity index (χ0v) is 12.2. The van der Waals surface area contributed by atoms with Gasteiger partial charge in [0.15, 0.2) is 0 Å². The first kappa shape index (κ1) is 14.6. The normalized spacial score (nSPS) is 10.4. The number of para-hydroxylation sites is 1. The van der Waals surface area contributed by atoms with Crippen LogP contribution in [0.2, 0.25) is 0 Å². The molecule has 1 aromatic heterocycles. The molecule has 7 heteroatoms. The smallest absolute Gasteiger partial charge is 0.334 e. The van der Waals surface area contributed by atoms with E-state index in [0.29, 0.717) is 23.1 Å². The molecule has 0 bridgehead atoms. The summed E-state index contributed by atoms with van der Waals surface area (Å²) in [5.74, 6) is 0. The molecule has 0 saturated carbocycles. The minimum Gasteiger partial charge on any atom is -0.399 e. The minimum atomic E-state index is -0.499. The SMILES string of the molecule is Nc1ccc(CNC(=O)Nn2cnc3ccccc3c2=O)cc1. The van der Waals surface area contributed by atoms with E-state index in [-0.39, 0.29) is 5.56 Å². The monoisotopic (exact) mass is 309 g/mol. The second-order valence-electron chi connectivity index (χ2n) is 4.97. The van der Waals surface area contributed by atoms with Gasteiger partial charge in [-0.15, -0.1) is 0 Å². The van der Waals surface area contributed by atoms with Crippen LogP contribution in [0, 0.1) is 0 Å². The number of aromatic nitrogens is 2. The standard InChI is InChI=1S/C16H15N5O2/c17-12-7-5-11(6-8-12)9-18-16(23)20-21-10-19-14-4-2-1-3-13(14)15(21)22/h1-8,10H,9,17H2,(H2,18,20,23). The number of carbonyl (C=O) groups is 1. The Hall–Kier alpha value is -3.35. The number of carbonyl (C=O) groups excluding carboxylic acids is 1. The molecule has 1 heterocycles. The molecule has 23 heavy (non-hydrogen) atoms. The van der Waals surface area contributed by atoms with Crippen LogP contribution < -0.4 is 22.0 Å². The van der Waals surface area contributed by atoms with Crippen molar-refractivity contribution in [2.45, 2.75) is 6.54 Å². The lowest BCUT2D eigenvalue weighted by atomic mass is 10.2. The summed E-state index contributed by atoms with van der Waals surface area (Å²) in [6.45, 7) is 0.321. The topological polar surface area (TPSA) is 102 Å². The molecule has 0 spiro atoms. The molecule has 7 nitrogen and oxygen atoms in total. The number of fused-ring (bicyclic) bond motifs is 1. The van der Waals surface area contributed by atoms with Gasteiger partial charge in [0.25, 0.3) is 5.56 Å². The van der Waals surface area contributed by atoms with E-state index in [1.165, 1.54) is 6.33 Å². The fourth-order valence-corrected chi connectivity index (χ4v) is 2.12. The Morgan fingerprint density at radius 2 is 1.87 bits per heavy atom. The van der Waals surface area contributed by atoms with Crippen molar-refractivity contribution in [1.29, 1.82) is 0 Å². The van der Waals surface area contributed by atoms with Crippen LogP contribution in [0.3, 0.4) is 0 Å². The lowest BCUT2D eigenvalue weighted by molar-refractivity contribution is 0.249. The maximum absolute atomic E-state index is 12.2. The number of anilines is 1. The van der Waals surface area contributed by atoms with Crippen molar-refractivity contribution in [2.75, 3.05) is 11.2 Å². The van der Waals surface area contributed by atoms with Crippen molar-refractivity contribution in [1.82, 2.24) is 15.0 Å². The van der Waals surface area contributed by atoms with Gasteiger partial charge in [0.2, 0.25) is 0 Å². The van der Waals surface area contributed by atoms with Gasteiger partial charge in [-0.1, -0.05) is 24.3 Å². The summed E-state index contributed by atoms with van der Waals surface area (Å²) >= 11 is 0. The van der Waals surface area contributed by atoms with Gasteiger partial charge in [-0.25, -0.2) is 19.9 Å². The number of amides is 2. The number of nitrogen functional groups attached to an aromatic ring is 1. The van der Waals surface area contributed by atoms with E-state index >= 15 is 0 Å². The third-order valence-corrected chi connectivity index (χ3v) is 3.32. The van der Waals surface area contributed by atoms with Crippen LogP contribution in [0.4, 0.5) is 10.5 Å². The highest BCUT2D eigenvalue weighted by atomic mass is 16.2. The first-order valence-electron chi connectivity index (χ1n) is 6.99. The molecule has 4 N–H and O–H groups in total. The molecule has 0 unspecified atom stereocenters. The Morgan fingerprint density at radius 3 is 2.65 bits per heavy atom. The molecule has 2 aromatic carbocycles. The highest BCUT2D eigenvalue weighted by Gasteiger charge is 2.06. The molecule has 0 saturated heterocycles. The summed E-state index contributed by atoms with van der Waals surface area (Å²) in [6, 6.07) is 13.6. The molecule has 0 aliphatic heterocycles. The van der Waals surface area contributed by atoms with Crippen LogP contribution in [-0.2, 0) is 6.54 Å². The number of nitrogens with one attached hydrogen (secondary N) is 2. The third kappa shape index (κ3) is 3.29. The van der Waals surface area contributed by atoms with Crippen LogP contribution in [-0.4, -0.2) is 15.7 Å². The van der Waals surface area contributed by atoms with Gasteiger partial charge < -0.3 is 11.1 Å². The van der Waals surface area contributed by atoms with Gasteiger partial charge in [0, 0.05) is 12.2 Å². The molecule has 0 aliphatic carbocycles. The lowest BCUT2D eigenvalue weighted by Gasteiger charge is -2.10. The molecule has 3 aromatic rings. The Kier molecular flexibility index (Phi) is 3.92. The number of nitrogens with zero attached hydrogens (tertiary/aromatic N) is 2. The number of hydrogen-bond donors (Lipinski definition) is 3. The zero-order valence-electron chi connectivity index (χ0n) is 12.2. The van der Waals surface area contributed by atoms with Gasteiger partial charge in [-0.3, -0.25) is 4.79 Å². The largest absolute Gasteiger partial charge is 0.399 e. The molecule has 0 aliphatic rings. The Bertz CT molecular complexity index is 902. The Labute approximate surface area is 131 Å². The van der Waals surface area contributed by atoms with Crippen molar-refractivity contribution in [3.8, 4) is 0 Å². The summed E-state index contributed by atoms with van der Waals surface area (Å²) < 4.78 is 1.06. The maximum Gasteiger partial charge on any atom is 0.334 e. The molecule has 0 radical (unpaired) electrons. The first-order valence-corrected chi connectivity index (χ1v) is 6.99. The minimum absolute atomic E-state index is 0.321. The highest BCUT2D eigenvalue weighted by molar-refractivity contribution is 5.82. The zero-order chi connectivity index (χ0) is 16.2. The molecular weight excluding hydrogens is 294 g/mol. The van der Waals surface area contributed by atoms with Crippen LogP contribution in [0.15, 0.2) is 59.7 Å². The number of benzene rings is 2. The summed E-state index contributed by atoms with van der Waals surface area (Å²) in [5, 5.41) is 3.10. The van der Waals surface area contributed by atoms with Crippen LogP contribution in [0.1, 0.15) is 5.56 Å². The summed E-state index contributed by atoms with van der Waals surface area (Å²) in [5.41, 5.74) is 9.86. The molecular formula is C16H15N5O2. The second-order valence-corrected chi connectivity index (χ2v) is 4.97. The van der Waals surface area contributed by atoms with E-state index in [4.69, 9.17) is 5.73 Å². The van der Waals surface area contributed by atoms with Gasteiger partial charge in [-0.05, 0) is 29.8 Å². The van der Waals surface area contributed by atoms with E-state index in [1.54, 1.807) is 36.4 Å². The van der Waals surface area contributed by atoms with Crippen molar-refractivity contribution >= 4 is 22.6 Å². The third-order valence-electron chi connectivity index (χ3n) is 3.32. The van der Waals surface area contributed by atoms with Gasteiger partial charge >= 0.3 is 6.03 Å². The summed E-state index contributed by atoms with van der Waals surface area (Å²) in [4.78, 5) is 28.3. The second kappa shape index (κ2) is 6.18. The van der Waals surface area contributed by atoms with Crippen LogP contribution >= 0.6 is 0 Å². The van der Waals surface area contributed by atoms with Crippen molar-refractivity contribution in [3.05, 3.63) is 70.8 Å². The van der Waals surface area contributed by atoms with Crippen molar-refractivity contribution < 1.29 is 4.79 Å². The molecule has 3 rings (SSSR count). The Morgan fingerprint density at radius 1 is 1.13 bits per heavy atom. The molecule has 0 atom stereocenters. The number of rotatable bonds is 3. The average molecular weight is 309 g/mol. The Balaban J connectivity index is 1.69. The maximum atomic E-state index is 12.2. The fourth-order valence-electron chi connectivity index (χ4n) is 2.12. The number of urea groups is 1. The molecule has 2 amide bonds. The molecule has 116 valence electrons. The number of nitrogens with two attached hydrogens (primary N) is 1. The number of hydrogen-bond acceptors (Lipinski definition) is 4. The van der Waals surface area contributed by atoms with Crippen LogP contribution in [0.25, 0.3) is 10.9 Å². The summed E-state index contributed by atoms with van der Waals surface area (Å²) in [6.07, 6.45) is 1.29. The van der Waals surface area contributed by atoms with Gasteiger partial charge in [-0.2, -0.15) is 0 Å². The first-order chi connectivity index (χ1) is 11.1. The van der Waals surface area contributed by atoms with E-state index in [0.717, 1.165) is 10.2 Å².